The van der Waals surface area contributed by atoms with Crippen molar-refractivity contribution in [2.45, 2.75) is 0 Å². The molecule has 0 aliphatic rings. The number of nitrogens with zero attached hydrogens (tertiary/aromatic N) is 1. The van der Waals surface area contributed by atoms with Crippen molar-refractivity contribution in [3.8, 4) is 10.4 Å². The Labute approximate surface area is 90.3 Å². The summed E-state index contributed by atoms with van der Waals surface area (Å²) >= 11 is 8.59. The van der Waals surface area contributed by atoms with Crippen LogP contribution in [0.3, 0.4) is 0 Å². The summed E-state index contributed by atoms with van der Waals surface area (Å²) in [6.07, 6.45) is 3.69. The van der Waals surface area contributed by atoms with Gasteiger partial charge in [-0.2, -0.15) is 5.10 Å². The molecule has 0 radical (unpaired) electrons. The van der Waals surface area contributed by atoms with E-state index in [0.29, 0.717) is 0 Å². The normalized spacial score (nSPS) is 10.5. The number of aromatic nitrogens is 2. The van der Waals surface area contributed by atoms with Crippen LogP contribution in [0.5, 0.6) is 0 Å². The van der Waals surface area contributed by atoms with Crippen molar-refractivity contribution < 1.29 is 0 Å². The quantitative estimate of drug-likeness (QED) is 0.855. The molecule has 0 aliphatic carbocycles. The second-order valence-electron chi connectivity index (χ2n) is 2.21. The Morgan fingerprint density at radius 1 is 1.42 bits per heavy atom. The second kappa shape index (κ2) is 3.32. The molecule has 2 heterocycles. The fraction of sp³-hybridized carbons (Fsp3) is 0. The molecule has 2 rings (SSSR count). The smallest absolute Gasteiger partial charge is 0.0716 e. The molecule has 2 aromatic heterocycles. The highest BCUT2D eigenvalue weighted by Crippen LogP contribution is 2.38. The van der Waals surface area contributed by atoms with Crippen LogP contribution in [0.25, 0.3) is 10.4 Å². The molecule has 2 aromatic rings. The van der Waals surface area contributed by atoms with Gasteiger partial charge in [-0.25, -0.2) is 0 Å². The van der Waals surface area contributed by atoms with Crippen LogP contribution in [-0.4, -0.2) is 10.2 Å². The number of rotatable bonds is 1. The largest absolute Gasteiger partial charge is 0.285 e. The fourth-order valence-electron chi connectivity index (χ4n) is 0.913. The van der Waals surface area contributed by atoms with Crippen molar-refractivity contribution in [2.75, 3.05) is 0 Å². The summed E-state index contributed by atoms with van der Waals surface area (Å²) in [6.45, 7) is 0. The van der Waals surface area contributed by atoms with Crippen molar-refractivity contribution in [1.82, 2.24) is 10.2 Å². The Balaban J connectivity index is 2.54. The van der Waals surface area contributed by atoms with E-state index in [1.54, 1.807) is 11.3 Å². The Morgan fingerprint density at radius 3 is 2.75 bits per heavy atom. The number of halogens is 2. The first-order valence-electron chi connectivity index (χ1n) is 3.21. The van der Waals surface area contributed by atoms with Crippen molar-refractivity contribution in [1.29, 1.82) is 0 Å². The SMILES string of the molecule is Brc1cc(Br)c(-c2cn[nH]c2)s1. The predicted octanol–water partition coefficient (Wildman–Crippen LogP) is 3.66. The summed E-state index contributed by atoms with van der Waals surface area (Å²) in [5.41, 5.74) is 1.11. The number of hydrogen-bond acceptors (Lipinski definition) is 2. The first-order chi connectivity index (χ1) is 5.77. The lowest BCUT2D eigenvalue weighted by molar-refractivity contribution is 1.09. The molecule has 5 heteroatoms. The number of nitrogens with one attached hydrogen (secondary N) is 1. The average Bonchev–Trinajstić information content (AvgIpc) is 2.58. The Bertz CT molecular complexity index is 380. The molecule has 0 unspecified atom stereocenters. The van der Waals surface area contributed by atoms with Crippen LogP contribution in [-0.2, 0) is 0 Å². The molecule has 0 bridgehead atoms. The molecular weight excluding hydrogens is 304 g/mol. The molecule has 0 spiro atoms. The standard InChI is InChI=1S/C7H4Br2N2S/c8-5-1-6(9)12-7(5)4-2-10-11-3-4/h1-3H,(H,10,11). The summed E-state index contributed by atoms with van der Waals surface area (Å²) in [7, 11) is 0. The van der Waals surface area contributed by atoms with Crippen molar-refractivity contribution in [2.24, 2.45) is 0 Å². The molecule has 2 nitrogen and oxygen atoms in total. The lowest BCUT2D eigenvalue weighted by Gasteiger charge is -1.89. The van der Waals surface area contributed by atoms with E-state index in [9.17, 15) is 0 Å². The Kier molecular flexibility index (Phi) is 2.34. The molecule has 0 aliphatic heterocycles. The van der Waals surface area contributed by atoms with Gasteiger partial charge in [-0.15, -0.1) is 11.3 Å². The third-order valence-corrected chi connectivity index (χ3v) is 3.99. The van der Waals surface area contributed by atoms with Gasteiger partial charge in [-0.05, 0) is 37.9 Å². The molecule has 0 atom stereocenters. The minimum absolute atomic E-state index is 1.10. The van der Waals surface area contributed by atoms with E-state index in [2.05, 4.69) is 42.1 Å². The van der Waals surface area contributed by atoms with Gasteiger partial charge in [0.1, 0.15) is 0 Å². The van der Waals surface area contributed by atoms with E-state index in [1.807, 2.05) is 18.5 Å². The van der Waals surface area contributed by atoms with Crippen molar-refractivity contribution in [3.05, 3.63) is 26.7 Å². The molecule has 0 saturated heterocycles. The van der Waals surface area contributed by atoms with Crippen LogP contribution >= 0.6 is 43.2 Å². The summed E-state index contributed by atoms with van der Waals surface area (Å²) in [6, 6.07) is 2.03. The van der Waals surface area contributed by atoms with Crippen LogP contribution in [0.4, 0.5) is 0 Å². The van der Waals surface area contributed by atoms with Gasteiger partial charge < -0.3 is 0 Å². The van der Waals surface area contributed by atoms with Gasteiger partial charge in [-0.1, -0.05) is 0 Å². The van der Waals surface area contributed by atoms with Crippen LogP contribution in [0.1, 0.15) is 0 Å². The summed E-state index contributed by atoms with van der Waals surface area (Å²) in [5.74, 6) is 0. The highest BCUT2D eigenvalue weighted by molar-refractivity contribution is 9.11. The minimum Gasteiger partial charge on any atom is -0.285 e. The zero-order chi connectivity index (χ0) is 8.55. The van der Waals surface area contributed by atoms with E-state index in [4.69, 9.17) is 0 Å². The predicted molar refractivity (Wildman–Crippen MR) is 57.3 cm³/mol. The van der Waals surface area contributed by atoms with Crippen LogP contribution in [0.2, 0.25) is 0 Å². The van der Waals surface area contributed by atoms with Gasteiger partial charge in [0.2, 0.25) is 0 Å². The maximum atomic E-state index is 3.89. The third kappa shape index (κ3) is 1.48. The van der Waals surface area contributed by atoms with E-state index < -0.39 is 0 Å². The zero-order valence-electron chi connectivity index (χ0n) is 5.84. The molecule has 12 heavy (non-hydrogen) atoms. The van der Waals surface area contributed by atoms with Gasteiger partial charge in [0, 0.05) is 16.2 Å². The minimum atomic E-state index is 1.10. The van der Waals surface area contributed by atoms with E-state index in [1.165, 1.54) is 4.88 Å². The van der Waals surface area contributed by atoms with E-state index in [0.717, 1.165) is 13.8 Å². The molecule has 0 fully saturated rings. The van der Waals surface area contributed by atoms with Gasteiger partial charge in [-0.3, -0.25) is 5.10 Å². The Morgan fingerprint density at radius 2 is 2.25 bits per heavy atom. The van der Waals surface area contributed by atoms with Crippen LogP contribution < -0.4 is 0 Å². The lowest BCUT2D eigenvalue weighted by Crippen LogP contribution is -1.64. The highest BCUT2D eigenvalue weighted by Gasteiger charge is 2.07. The molecule has 62 valence electrons. The second-order valence-corrected chi connectivity index (χ2v) is 5.50. The maximum absolute atomic E-state index is 3.89. The zero-order valence-corrected chi connectivity index (χ0v) is 9.83. The first kappa shape index (κ1) is 8.47. The van der Waals surface area contributed by atoms with Gasteiger partial charge >= 0.3 is 0 Å². The summed E-state index contributed by atoms with van der Waals surface area (Å²) < 4.78 is 2.21. The topological polar surface area (TPSA) is 28.7 Å². The molecular formula is C7H4Br2N2S. The number of H-pyrrole nitrogens is 1. The number of aromatic amines is 1. The summed E-state index contributed by atoms with van der Waals surface area (Å²) in [4.78, 5) is 1.19. The van der Waals surface area contributed by atoms with E-state index in [-0.39, 0.29) is 0 Å². The number of hydrogen-bond donors (Lipinski definition) is 1. The van der Waals surface area contributed by atoms with Crippen molar-refractivity contribution >= 4 is 43.2 Å². The van der Waals surface area contributed by atoms with E-state index >= 15 is 0 Å². The average molecular weight is 308 g/mol. The molecule has 0 amide bonds. The molecule has 0 aromatic carbocycles. The van der Waals surface area contributed by atoms with Gasteiger partial charge in [0.05, 0.1) is 14.9 Å². The van der Waals surface area contributed by atoms with Gasteiger partial charge in [0.15, 0.2) is 0 Å². The monoisotopic (exact) mass is 306 g/mol. The summed E-state index contributed by atoms with van der Waals surface area (Å²) in [5, 5.41) is 6.68. The lowest BCUT2D eigenvalue weighted by atomic mass is 10.3. The Hall–Kier alpha value is -0.130. The fourth-order valence-corrected chi connectivity index (χ4v) is 3.54. The molecule has 1 N–H and O–H groups in total. The first-order valence-corrected chi connectivity index (χ1v) is 5.61. The van der Waals surface area contributed by atoms with Crippen LogP contribution in [0, 0.1) is 0 Å². The number of thiophene rings is 1. The van der Waals surface area contributed by atoms with Crippen molar-refractivity contribution in [3.63, 3.8) is 0 Å². The van der Waals surface area contributed by atoms with Gasteiger partial charge in [0.25, 0.3) is 0 Å². The highest BCUT2D eigenvalue weighted by atomic mass is 79.9. The van der Waals surface area contributed by atoms with Crippen LogP contribution in [0.15, 0.2) is 26.7 Å². The third-order valence-electron chi connectivity index (χ3n) is 1.42. The maximum Gasteiger partial charge on any atom is 0.0716 e. The molecule has 0 saturated carbocycles.